The van der Waals surface area contributed by atoms with Crippen molar-refractivity contribution in [2.24, 2.45) is 4.99 Å². The van der Waals surface area contributed by atoms with Crippen molar-refractivity contribution < 1.29 is 4.79 Å². The maximum atomic E-state index is 11.8. The monoisotopic (exact) mass is 456 g/mol. The molecule has 0 bridgehead atoms. The summed E-state index contributed by atoms with van der Waals surface area (Å²) in [5.41, 5.74) is 0. The lowest BCUT2D eigenvalue weighted by atomic mass is 10.2. The van der Waals surface area contributed by atoms with E-state index < -0.39 is 0 Å². The Morgan fingerprint density at radius 3 is 2.65 bits per heavy atom. The van der Waals surface area contributed by atoms with Crippen LogP contribution in [0.4, 0.5) is 0 Å². The summed E-state index contributed by atoms with van der Waals surface area (Å²) in [4.78, 5) is 18.8. The molecule has 0 spiro atoms. The van der Waals surface area contributed by atoms with Gasteiger partial charge in [0.1, 0.15) is 0 Å². The Bertz CT molecular complexity index is 390. The summed E-state index contributed by atoms with van der Waals surface area (Å²) in [6, 6.07) is 0.240. The van der Waals surface area contributed by atoms with Crippen molar-refractivity contribution in [1.29, 1.82) is 0 Å². The van der Waals surface area contributed by atoms with Gasteiger partial charge in [0.25, 0.3) is 0 Å². The number of nitrogens with one attached hydrogen (secondary N) is 2. The van der Waals surface area contributed by atoms with Gasteiger partial charge in [-0.25, -0.2) is 0 Å². The molecular weight excluding hydrogens is 423 g/mol. The van der Waals surface area contributed by atoms with Gasteiger partial charge in [-0.2, -0.15) is 11.8 Å². The normalized spacial score (nSPS) is 18.8. The fourth-order valence-electron chi connectivity index (χ4n) is 2.34. The molecule has 1 amide bonds. The molecule has 0 aromatic heterocycles. The average molecular weight is 456 g/mol. The number of hydrogen-bond acceptors (Lipinski definition) is 3. The minimum Gasteiger partial charge on any atom is -0.357 e. The standard InChI is InChI=1S/C16H32N4OS.HI/c1-6-13(3)19-14(21)8-9-18-15(17-7-2)20-10-11-22-16(4,5)12-20;/h13H,6-12H2,1-5H3,(H,17,18)(H,19,21);1H. The molecule has 0 aliphatic carbocycles. The predicted molar refractivity (Wildman–Crippen MR) is 112 cm³/mol. The molecule has 5 nitrogen and oxygen atoms in total. The first-order chi connectivity index (χ1) is 10.4. The summed E-state index contributed by atoms with van der Waals surface area (Å²) in [5.74, 6) is 2.14. The lowest BCUT2D eigenvalue weighted by Crippen LogP contribution is -2.51. The van der Waals surface area contributed by atoms with E-state index in [1.54, 1.807) is 0 Å². The summed E-state index contributed by atoms with van der Waals surface area (Å²) >= 11 is 2.01. The lowest BCUT2D eigenvalue weighted by Gasteiger charge is -2.39. The highest BCUT2D eigenvalue weighted by Crippen LogP contribution is 2.29. The molecule has 1 heterocycles. The molecule has 7 heteroatoms. The third kappa shape index (κ3) is 9.02. The van der Waals surface area contributed by atoms with E-state index in [-0.39, 0.29) is 40.7 Å². The van der Waals surface area contributed by atoms with Crippen LogP contribution < -0.4 is 10.6 Å². The van der Waals surface area contributed by atoms with Gasteiger partial charge in [-0.05, 0) is 34.1 Å². The highest BCUT2D eigenvalue weighted by atomic mass is 127. The molecule has 23 heavy (non-hydrogen) atoms. The summed E-state index contributed by atoms with van der Waals surface area (Å²) in [7, 11) is 0. The van der Waals surface area contributed by atoms with E-state index in [1.165, 1.54) is 0 Å². The Morgan fingerprint density at radius 2 is 2.09 bits per heavy atom. The number of amides is 1. The predicted octanol–water partition coefficient (Wildman–Crippen LogP) is 2.70. The van der Waals surface area contributed by atoms with E-state index in [1.807, 2.05) is 18.7 Å². The van der Waals surface area contributed by atoms with Crippen molar-refractivity contribution in [3.05, 3.63) is 0 Å². The van der Waals surface area contributed by atoms with Gasteiger partial charge in [-0.1, -0.05) is 6.92 Å². The number of thioether (sulfide) groups is 1. The van der Waals surface area contributed by atoms with Crippen LogP contribution in [0.3, 0.4) is 0 Å². The Morgan fingerprint density at radius 1 is 1.39 bits per heavy atom. The molecular formula is C16H33IN4OS. The van der Waals surface area contributed by atoms with Gasteiger partial charge in [0.05, 0.1) is 6.54 Å². The van der Waals surface area contributed by atoms with Gasteiger partial charge in [0.2, 0.25) is 5.91 Å². The van der Waals surface area contributed by atoms with Crippen molar-refractivity contribution in [3.63, 3.8) is 0 Å². The maximum absolute atomic E-state index is 11.8. The van der Waals surface area contributed by atoms with Crippen molar-refractivity contribution >= 4 is 47.6 Å². The molecule has 1 aliphatic heterocycles. The van der Waals surface area contributed by atoms with Gasteiger partial charge in [0.15, 0.2) is 5.96 Å². The number of aliphatic imine (C=N–C) groups is 1. The first-order valence-electron chi connectivity index (χ1n) is 8.34. The molecule has 0 aromatic carbocycles. The number of guanidine groups is 1. The van der Waals surface area contributed by atoms with Crippen molar-refractivity contribution in [3.8, 4) is 0 Å². The number of carbonyl (C=O) groups is 1. The first-order valence-corrected chi connectivity index (χ1v) is 9.33. The van der Waals surface area contributed by atoms with E-state index in [2.05, 4.69) is 48.2 Å². The molecule has 2 N–H and O–H groups in total. The van der Waals surface area contributed by atoms with Gasteiger partial charge >= 0.3 is 0 Å². The topological polar surface area (TPSA) is 56.7 Å². The number of rotatable bonds is 6. The largest absolute Gasteiger partial charge is 0.357 e. The second-order valence-electron chi connectivity index (χ2n) is 6.39. The minimum absolute atomic E-state index is 0. The molecule has 0 saturated carbocycles. The summed E-state index contributed by atoms with van der Waals surface area (Å²) in [6.07, 6.45) is 1.41. The molecule has 136 valence electrons. The van der Waals surface area contributed by atoms with Crippen LogP contribution in [0.2, 0.25) is 0 Å². The van der Waals surface area contributed by atoms with Crippen LogP contribution in [0.1, 0.15) is 47.5 Å². The van der Waals surface area contributed by atoms with E-state index in [4.69, 9.17) is 0 Å². The average Bonchev–Trinajstić information content (AvgIpc) is 2.45. The molecule has 1 aliphatic rings. The molecule has 1 saturated heterocycles. The van der Waals surface area contributed by atoms with E-state index in [9.17, 15) is 4.79 Å². The third-order valence-corrected chi connectivity index (χ3v) is 4.98. The highest BCUT2D eigenvalue weighted by Gasteiger charge is 2.28. The van der Waals surface area contributed by atoms with Gasteiger partial charge in [-0.15, -0.1) is 24.0 Å². The Kier molecular flexibility index (Phi) is 11.3. The van der Waals surface area contributed by atoms with Crippen molar-refractivity contribution in [2.75, 3.05) is 31.9 Å². The molecule has 0 radical (unpaired) electrons. The smallest absolute Gasteiger partial charge is 0.222 e. The van der Waals surface area contributed by atoms with Crippen molar-refractivity contribution in [1.82, 2.24) is 15.5 Å². The summed E-state index contributed by atoms with van der Waals surface area (Å²) in [6.45, 7) is 14.1. The Labute approximate surface area is 162 Å². The van der Waals surface area contributed by atoms with Gasteiger partial charge < -0.3 is 15.5 Å². The quantitative estimate of drug-likeness (QED) is 0.367. The van der Waals surface area contributed by atoms with Crippen LogP contribution in [0.25, 0.3) is 0 Å². The van der Waals surface area contributed by atoms with Crippen LogP contribution in [0.15, 0.2) is 4.99 Å². The zero-order valence-corrected chi connectivity index (χ0v) is 18.3. The summed E-state index contributed by atoms with van der Waals surface area (Å²) < 4.78 is 0.252. The lowest BCUT2D eigenvalue weighted by molar-refractivity contribution is -0.121. The van der Waals surface area contributed by atoms with Crippen molar-refractivity contribution in [2.45, 2.75) is 58.2 Å². The second-order valence-corrected chi connectivity index (χ2v) is 8.19. The maximum Gasteiger partial charge on any atom is 0.222 e. The highest BCUT2D eigenvalue weighted by molar-refractivity contribution is 14.0. The van der Waals surface area contributed by atoms with E-state index in [0.29, 0.717) is 13.0 Å². The minimum atomic E-state index is 0. The molecule has 1 unspecified atom stereocenters. The summed E-state index contributed by atoms with van der Waals surface area (Å²) in [5, 5.41) is 6.33. The number of nitrogens with zero attached hydrogens (tertiary/aromatic N) is 2. The van der Waals surface area contributed by atoms with Crippen LogP contribution in [0.5, 0.6) is 0 Å². The molecule has 0 aromatic rings. The van der Waals surface area contributed by atoms with Crippen LogP contribution >= 0.6 is 35.7 Å². The van der Waals surface area contributed by atoms with Gasteiger partial charge in [0, 0.05) is 42.6 Å². The third-order valence-electron chi connectivity index (χ3n) is 3.68. The Hall–Kier alpha value is -0.180. The number of hydrogen-bond donors (Lipinski definition) is 2. The number of halogens is 1. The van der Waals surface area contributed by atoms with Crippen LogP contribution in [-0.4, -0.2) is 59.5 Å². The van der Waals surface area contributed by atoms with Gasteiger partial charge in [-0.3, -0.25) is 9.79 Å². The zero-order valence-electron chi connectivity index (χ0n) is 15.1. The van der Waals surface area contributed by atoms with Crippen LogP contribution in [-0.2, 0) is 4.79 Å². The molecule has 1 fully saturated rings. The SMILES string of the molecule is CCNC(=NCCC(=O)NC(C)CC)N1CCSC(C)(C)C1.I. The zero-order chi connectivity index (χ0) is 16.6. The molecule has 1 atom stereocenters. The van der Waals surface area contributed by atoms with E-state index >= 15 is 0 Å². The van der Waals surface area contributed by atoms with E-state index in [0.717, 1.165) is 37.8 Å². The fraction of sp³-hybridized carbons (Fsp3) is 0.875. The first kappa shape index (κ1) is 22.8. The molecule has 1 rings (SSSR count). The fourth-order valence-corrected chi connectivity index (χ4v) is 3.45. The Balaban J connectivity index is 0.00000484. The number of carbonyl (C=O) groups excluding carboxylic acids is 1. The van der Waals surface area contributed by atoms with Crippen LogP contribution in [0, 0.1) is 0 Å². The second kappa shape index (κ2) is 11.4.